The Morgan fingerprint density at radius 1 is 1.39 bits per heavy atom. The molecule has 0 aliphatic heterocycles. The van der Waals surface area contributed by atoms with Gasteiger partial charge in [0.15, 0.2) is 0 Å². The lowest BCUT2D eigenvalue weighted by molar-refractivity contribution is -0.119. The number of hydrogen-bond acceptors (Lipinski definition) is 5. The van der Waals surface area contributed by atoms with Gasteiger partial charge in [0, 0.05) is 6.04 Å². The number of carbonyl (C=O) groups is 1. The highest BCUT2D eigenvalue weighted by atomic mass is 32.2. The van der Waals surface area contributed by atoms with Crippen LogP contribution in [0.5, 0.6) is 0 Å². The highest BCUT2D eigenvalue weighted by Crippen LogP contribution is 2.36. The summed E-state index contributed by atoms with van der Waals surface area (Å²) >= 11 is 1.40. The molecule has 1 aliphatic carbocycles. The van der Waals surface area contributed by atoms with Gasteiger partial charge in [0.2, 0.25) is 11.1 Å². The molecule has 1 unspecified atom stereocenters. The van der Waals surface area contributed by atoms with Crippen molar-refractivity contribution in [2.75, 3.05) is 5.75 Å². The molecule has 0 saturated heterocycles. The van der Waals surface area contributed by atoms with Crippen molar-refractivity contribution < 1.29 is 4.79 Å². The first-order valence-electron chi connectivity index (χ1n) is 7.96. The lowest BCUT2D eigenvalue weighted by Crippen LogP contribution is -2.34. The normalized spacial score (nSPS) is 15.3. The summed E-state index contributed by atoms with van der Waals surface area (Å²) < 4.78 is 1.83. The summed E-state index contributed by atoms with van der Waals surface area (Å²) in [5.41, 5.74) is 1.30. The van der Waals surface area contributed by atoms with Crippen molar-refractivity contribution in [1.29, 1.82) is 0 Å². The first-order chi connectivity index (χ1) is 11.2. The van der Waals surface area contributed by atoms with Crippen LogP contribution in [0.2, 0.25) is 0 Å². The zero-order valence-corrected chi connectivity index (χ0v) is 14.0. The summed E-state index contributed by atoms with van der Waals surface area (Å²) in [4.78, 5) is 12.0. The molecule has 122 valence electrons. The second-order valence-corrected chi connectivity index (χ2v) is 6.86. The minimum absolute atomic E-state index is 0.0286. The first-order valence-corrected chi connectivity index (χ1v) is 8.95. The average molecular weight is 331 g/mol. The molecule has 1 heterocycles. The van der Waals surface area contributed by atoms with E-state index in [9.17, 15) is 4.79 Å². The molecule has 3 rings (SSSR count). The molecule has 1 N–H and O–H groups in total. The molecule has 0 bridgehead atoms. The Balaban J connectivity index is 1.39. The van der Waals surface area contributed by atoms with Crippen LogP contribution in [0, 0.1) is 0 Å². The predicted octanol–water partition coefficient (Wildman–Crippen LogP) is 2.24. The van der Waals surface area contributed by atoms with E-state index < -0.39 is 0 Å². The molecule has 0 spiro atoms. The maximum absolute atomic E-state index is 12.0. The smallest absolute Gasteiger partial charge is 0.230 e. The Bertz CT molecular complexity index is 641. The van der Waals surface area contributed by atoms with Crippen LogP contribution in [-0.4, -0.2) is 37.9 Å². The minimum Gasteiger partial charge on any atom is -0.353 e. The highest BCUT2D eigenvalue weighted by Gasteiger charge is 2.28. The van der Waals surface area contributed by atoms with Gasteiger partial charge in [-0.15, -0.1) is 5.10 Å². The second kappa shape index (κ2) is 7.59. The van der Waals surface area contributed by atoms with Gasteiger partial charge in [-0.05, 0) is 48.6 Å². The van der Waals surface area contributed by atoms with Gasteiger partial charge in [-0.25, -0.2) is 4.68 Å². The lowest BCUT2D eigenvalue weighted by Gasteiger charge is -2.13. The van der Waals surface area contributed by atoms with E-state index in [1.54, 1.807) is 0 Å². The molecule has 1 fully saturated rings. The van der Waals surface area contributed by atoms with Crippen LogP contribution < -0.4 is 5.32 Å². The van der Waals surface area contributed by atoms with Crippen LogP contribution in [0.1, 0.15) is 37.8 Å². The molecule has 1 aromatic carbocycles. The van der Waals surface area contributed by atoms with Crippen molar-refractivity contribution in [3.8, 4) is 0 Å². The lowest BCUT2D eigenvalue weighted by atomic mass is 10.1. The fourth-order valence-electron chi connectivity index (χ4n) is 2.38. The Labute approximate surface area is 140 Å². The van der Waals surface area contributed by atoms with Crippen LogP contribution in [0.4, 0.5) is 0 Å². The third kappa shape index (κ3) is 4.79. The van der Waals surface area contributed by atoms with Crippen molar-refractivity contribution >= 4 is 17.7 Å². The van der Waals surface area contributed by atoms with Gasteiger partial charge in [0.25, 0.3) is 0 Å². The monoisotopic (exact) mass is 331 g/mol. The number of tetrazole rings is 1. The molecule has 1 aliphatic rings. The molecular weight excluding hydrogens is 310 g/mol. The summed E-state index contributed by atoms with van der Waals surface area (Å²) in [6, 6.07) is 10.9. The summed E-state index contributed by atoms with van der Waals surface area (Å²) in [7, 11) is 0. The Morgan fingerprint density at radius 3 is 2.91 bits per heavy atom. The summed E-state index contributed by atoms with van der Waals surface area (Å²) in [5.74, 6) is 0.379. The van der Waals surface area contributed by atoms with E-state index in [1.807, 2.05) is 29.8 Å². The van der Waals surface area contributed by atoms with Crippen molar-refractivity contribution in [3.63, 3.8) is 0 Å². The van der Waals surface area contributed by atoms with E-state index in [-0.39, 0.29) is 11.9 Å². The quantitative estimate of drug-likeness (QED) is 0.751. The Hall–Kier alpha value is -1.89. The molecule has 1 atom stereocenters. The number of hydrogen-bond donors (Lipinski definition) is 1. The summed E-state index contributed by atoms with van der Waals surface area (Å²) in [5, 5.41) is 15.4. The highest BCUT2D eigenvalue weighted by molar-refractivity contribution is 7.99. The van der Waals surface area contributed by atoms with Crippen LogP contribution in [0.3, 0.4) is 0 Å². The SMILES string of the molecule is CC(CCc1ccccc1)NC(=O)CSc1nnnn1C1CC1. The van der Waals surface area contributed by atoms with Crippen LogP contribution in [-0.2, 0) is 11.2 Å². The number of nitrogens with zero attached hydrogens (tertiary/aromatic N) is 4. The molecule has 1 amide bonds. The third-order valence-corrected chi connectivity index (χ3v) is 4.74. The fraction of sp³-hybridized carbons (Fsp3) is 0.500. The van der Waals surface area contributed by atoms with Crippen molar-refractivity contribution in [2.45, 2.75) is 49.8 Å². The summed E-state index contributed by atoms with van der Waals surface area (Å²) in [6.07, 6.45) is 4.15. The van der Waals surface area contributed by atoms with E-state index in [0.717, 1.165) is 30.8 Å². The zero-order valence-electron chi connectivity index (χ0n) is 13.2. The van der Waals surface area contributed by atoms with Crippen molar-refractivity contribution in [1.82, 2.24) is 25.5 Å². The van der Waals surface area contributed by atoms with Crippen molar-refractivity contribution in [3.05, 3.63) is 35.9 Å². The van der Waals surface area contributed by atoms with E-state index in [0.29, 0.717) is 11.8 Å². The number of carbonyl (C=O) groups excluding carboxylic acids is 1. The fourth-order valence-corrected chi connectivity index (χ4v) is 3.13. The van der Waals surface area contributed by atoms with Crippen LogP contribution >= 0.6 is 11.8 Å². The van der Waals surface area contributed by atoms with Gasteiger partial charge >= 0.3 is 0 Å². The number of aromatic nitrogens is 4. The molecule has 6 nitrogen and oxygen atoms in total. The van der Waals surface area contributed by atoms with Crippen LogP contribution in [0.15, 0.2) is 35.5 Å². The number of amides is 1. The van der Waals surface area contributed by atoms with E-state index in [4.69, 9.17) is 0 Å². The van der Waals surface area contributed by atoms with E-state index in [2.05, 4.69) is 33.0 Å². The second-order valence-electron chi connectivity index (χ2n) is 5.92. The number of thioether (sulfide) groups is 1. The van der Waals surface area contributed by atoms with Gasteiger partial charge in [-0.3, -0.25) is 4.79 Å². The van der Waals surface area contributed by atoms with Gasteiger partial charge in [-0.2, -0.15) is 0 Å². The first kappa shape index (κ1) is 16.0. The Morgan fingerprint density at radius 2 is 2.17 bits per heavy atom. The Kier molecular flexibility index (Phi) is 5.27. The largest absolute Gasteiger partial charge is 0.353 e. The van der Waals surface area contributed by atoms with Crippen LogP contribution in [0.25, 0.3) is 0 Å². The van der Waals surface area contributed by atoms with Gasteiger partial charge in [0.05, 0.1) is 11.8 Å². The summed E-state index contributed by atoms with van der Waals surface area (Å²) in [6.45, 7) is 2.04. The maximum Gasteiger partial charge on any atom is 0.230 e. The molecule has 23 heavy (non-hydrogen) atoms. The number of nitrogens with one attached hydrogen (secondary N) is 1. The molecule has 1 saturated carbocycles. The standard InChI is InChI=1S/C16H21N5OS/c1-12(7-8-13-5-3-2-4-6-13)17-15(22)11-23-16-18-19-20-21(16)14-9-10-14/h2-6,12,14H,7-11H2,1H3,(H,17,22). The molecule has 7 heteroatoms. The topological polar surface area (TPSA) is 72.7 Å². The van der Waals surface area contributed by atoms with Gasteiger partial charge in [0.1, 0.15) is 0 Å². The van der Waals surface area contributed by atoms with Gasteiger partial charge < -0.3 is 5.32 Å². The minimum atomic E-state index is 0.0286. The molecule has 2 aromatic rings. The number of aryl methyl sites for hydroxylation is 1. The molecule has 1 aromatic heterocycles. The van der Waals surface area contributed by atoms with E-state index in [1.165, 1.54) is 17.3 Å². The molecular formula is C16H21N5OS. The molecule has 0 radical (unpaired) electrons. The maximum atomic E-state index is 12.0. The number of rotatable bonds is 8. The van der Waals surface area contributed by atoms with Gasteiger partial charge in [-0.1, -0.05) is 42.1 Å². The average Bonchev–Trinajstić information content (AvgIpc) is 3.30. The third-order valence-electron chi connectivity index (χ3n) is 3.80. The zero-order chi connectivity index (χ0) is 16.1. The van der Waals surface area contributed by atoms with Crippen molar-refractivity contribution in [2.24, 2.45) is 0 Å². The van der Waals surface area contributed by atoms with E-state index >= 15 is 0 Å². The predicted molar refractivity (Wildman–Crippen MR) is 89.2 cm³/mol. The number of benzene rings is 1.